The van der Waals surface area contributed by atoms with Crippen LogP contribution in [-0.4, -0.2) is 52.6 Å². The van der Waals surface area contributed by atoms with Crippen molar-refractivity contribution in [1.29, 1.82) is 0 Å². The largest absolute Gasteiger partial charge is 0.378 e. The van der Waals surface area contributed by atoms with E-state index in [-0.39, 0.29) is 6.23 Å². The van der Waals surface area contributed by atoms with E-state index in [1.54, 1.807) is 6.20 Å². The summed E-state index contributed by atoms with van der Waals surface area (Å²) in [5.74, 6) is 0.591. The van der Waals surface area contributed by atoms with E-state index >= 15 is 0 Å². The predicted octanol–water partition coefficient (Wildman–Crippen LogP) is 2.14. The van der Waals surface area contributed by atoms with Crippen LogP contribution in [-0.2, 0) is 0 Å². The van der Waals surface area contributed by atoms with E-state index in [1.807, 2.05) is 19.1 Å². The van der Waals surface area contributed by atoms with Crippen molar-refractivity contribution in [2.24, 2.45) is 5.92 Å². The van der Waals surface area contributed by atoms with Crippen molar-refractivity contribution in [2.45, 2.75) is 26.0 Å². The number of aliphatic hydroxyl groups is 1. The summed E-state index contributed by atoms with van der Waals surface area (Å²) in [4.78, 5) is 2.19. The van der Waals surface area contributed by atoms with Crippen LogP contribution in [0.4, 0.5) is 0 Å². The number of aliphatic hydroxyl groups excluding tert-OH is 1. The number of piperazine rings is 1. The molecule has 1 saturated heterocycles. The maximum Gasteiger partial charge on any atom is 0.110 e. The summed E-state index contributed by atoms with van der Waals surface area (Å²) in [6.07, 6.45) is 4.12. The van der Waals surface area contributed by atoms with E-state index in [2.05, 4.69) is 20.4 Å². The fourth-order valence-corrected chi connectivity index (χ4v) is 3.10. The summed E-state index contributed by atoms with van der Waals surface area (Å²) in [7, 11) is 0. The molecule has 4 rings (SSSR count). The summed E-state index contributed by atoms with van der Waals surface area (Å²) in [5, 5.41) is 21.7. The van der Waals surface area contributed by atoms with Gasteiger partial charge in [-0.3, -0.25) is 10.00 Å². The second-order valence-corrected chi connectivity index (χ2v) is 6.53. The van der Waals surface area contributed by atoms with Gasteiger partial charge >= 0.3 is 0 Å². The lowest BCUT2D eigenvalue weighted by molar-refractivity contribution is -0.0193. The summed E-state index contributed by atoms with van der Waals surface area (Å²) in [6.45, 7) is 6.10. The van der Waals surface area contributed by atoms with Gasteiger partial charge < -0.3 is 10.4 Å². The third-order valence-electron chi connectivity index (χ3n) is 4.30. The van der Waals surface area contributed by atoms with Crippen LogP contribution in [0.3, 0.4) is 0 Å². The minimum Gasteiger partial charge on any atom is -0.378 e. The Kier molecular flexibility index (Phi) is 4.98. The van der Waals surface area contributed by atoms with E-state index in [1.165, 1.54) is 12.8 Å². The Balaban J connectivity index is 0.000000131. The summed E-state index contributed by atoms with van der Waals surface area (Å²) < 4.78 is 0. The molecule has 6 heteroatoms. The number of nitrogens with one attached hydrogen (secondary N) is 2. The Morgan fingerprint density at radius 1 is 1.32 bits per heavy atom. The minimum atomic E-state index is -0.142. The van der Waals surface area contributed by atoms with Crippen LogP contribution < -0.4 is 5.32 Å². The van der Waals surface area contributed by atoms with Gasteiger partial charge in [-0.25, -0.2) is 0 Å². The molecule has 1 aliphatic heterocycles. The fraction of sp³-hybridized carbons (Fsp3) is 0.562. The second kappa shape index (κ2) is 6.96. The highest BCUT2D eigenvalue weighted by molar-refractivity contribution is 6.31. The van der Waals surface area contributed by atoms with Crippen molar-refractivity contribution in [1.82, 2.24) is 20.4 Å². The lowest BCUT2D eigenvalue weighted by Gasteiger charge is -2.31. The van der Waals surface area contributed by atoms with Crippen molar-refractivity contribution in [3.63, 3.8) is 0 Å². The van der Waals surface area contributed by atoms with Gasteiger partial charge in [0.05, 0.1) is 11.7 Å². The van der Waals surface area contributed by atoms with Crippen molar-refractivity contribution >= 4 is 22.5 Å². The molecule has 2 aromatic rings. The second-order valence-electron chi connectivity index (χ2n) is 6.09. The van der Waals surface area contributed by atoms with Gasteiger partial charge in [0.15, 0.2) is 0 Å². The number of hydrogen-bond donors (Lipinski definition) is 3. The molecule has 0 bridgehead atoms. The molecule has 1 aromatic carbocycles. The number of rotatable bonds is 2. The van der Waals surface area contributed by atoms with Crippen molar-refractivity contribution in [2.75, 3.05) is 26.2 Å². The molecule has 1 atom stereocenters. The van der Waals surface area contributed by atoms with E-state index in [4.69, 9.17) is 11.6 Å². The van der Waals surface area contributed by atoms with Crippen molar-refractivity contribution in [3.05, 3.63) is 28.9 Å². The molecule has 5 nitrogen and oxygen atoms in total. The highest BCUT2D eigenvalue weighted by Crippen LogP contribution is 2.33. The van der Waals surface area contributed by atoms with Crippen molar-refractivity contribution < 1.29 is 5.11 Å². The monoisotopic (exact) mass is 322 g/mol. The molecule has 0 spiro atoms. The average Bonchev–Trinajstić information content (AvgIpc) is 3.26. The first-order valence-electron chi connectivity index (χ1n) is 7.87. The molecular formula is C16H23ClN4O. The Morgan fingerprint density at radius 3 is 2.73 bits per heavy atom. The third-order valence-corrected chi connectivity index (χ3v) is 4.52. The number of hydrogen-bond acceptors (Lipinski definition) is 4. The molecule has 1 saturated carbocycles. The van der Waals surface area contributed by atoms with Gasteiger partial charge in [0.25, 0.3) is 0 Å². The van der Waals surface area contributed by atoms with Gasteiger partial charge in [-0.2, -0.15) is 5.10 Å². The molecular weight excluding hydrogens is 300 g/mol. The fourth-order valence-electron chi connectivity index (χ4n) is 2.82. The van der Waals surface area contributed by atoms with Crippen molar-refractivity contribution in [3.8, 4) is 0 Å². The average molecular weight is 323 g/mol. The lowest BCUT2D eigenvalue weighted by atomic mass is 10.1. The van der Waals surface area contributed by atoms with Crippen LogP contribution >= 0.6 is 11.6 Å². The number of fused-ring (bicyclic) bond motifs is 1. The van der Waals surface area contributed by atoms with E-state index in [9.17, 15) is 5.11 Å². The Bertz CT molecular complexity index is 620. The van der Waals surface area contributed by atoms with Gasteiger partial charge in [-0.15, -0.1) is 0 Å². The number of aryl methyl sites for hydroxylation is 1. The molecule has 2 fully saturated rings. The molecule has 2 aliphatic rings. The van der Waals surface area contributed by atoms with Gasteiger partial charge in [0.1, 0.15) is 6.23 Å². The van der Waals surface area contributed by atoms with Crippen LogP contribution in [0, 0.1) is 12.8 Å². The maximum absolute atomic E-state index is 9.71. The summed E-state index contributed by atoms with van der Waals surface area (Å²) in [5.41, 5.74) is 2.15. The predicted molar refractivity (Wildman–Crippen MR) is 89.0 cm³/mol. The normalized spacial score (nSPS) is 20.5. The smallest absolute Gasteiger partial charge is 0.110 e. The summed E-state index contributed by atoms with van der Waals surface area (Å²) >= 11 is 5.83. The lowest BCUT2D eigenvalue weighted by Crippen LogP contribution is -2.49. The van der Waals surface area contributed by atoms with E-state index < -0.39 is 0 Å². The molecule has 1 unspecified atom stereocenters. The molecule has 120 valence electrons. The van der Waals surface area contributed by atoms with E-state index in [0.717, 1.165) is 47.7 Å². The molecule has 3 N–H and O–H groups in total. The number of aromatic amines is 1. The van der Waals surface area contributed by atoms with Crippen LogP contribution in [0.1, 0.15) is 18.4 Å². The standard InChI is InChI=1S/C8H7ClN2.C8H16N2O/c1-5-2-6(9)3-8-7(5)4-10-11-8;11-8(7-1-2-7)10-5-3-9-4-6-10/h2-4H,1H3,(H,10,11);7-9,11H,1-6H2. The van der Waals surface area contributed by atoms with Gasteiger partial charge in [-0.1, -0.05) is 11.6 Å². The Hall–Kier alpha value is -1.14. The Labute approximate surface area is 135 Å². The molecule has 22 heavy (non-hydrogen) atoms. The molecule has 0 amide bonds. The zero-order valence-corrected chi connectivity index (χ0v) is 13.6. The number of aromatic nitrogens is 2. The van der Waals surface area contributed by atoms with Crippen LogP contribution in [0.2, 0.25) is 5.02 Å². The van der Waals surface area contributed by atoms with E-state index in [0.29, 0.717) is 5.92 Å². The Morgan fingerprint density at radius 2 is 2.05 bits per heavy atom. The van der Waals surface area contributed by atoms with Crippen LogP contribution in [0.15, 0.2) is 18.3 Å². The first-order valence-corrected chi connectivity index (χ1v) is 8.25. The first kappa shape index (κ1) is 15.7. The van der Waals surface area contributed by atoms with Gasteiger partial charge in [0, 0.05) is 36.6 Å². The molecule has 1 aromatic heterocycles. The molecule has 2 heterocycles. The van der Waals surface area contributed by atoms with Crippen LogP contribution in [0.5, 0.6) is 0 Å². The number of H-pyrrole nitrogens is 1. The molecule has 0 radical (unpaired) electrons. The molecule has 1 aliphatic carbocycles. The minimum absolute atomic E-state index is 0.142. The SMILES string of the molecule is Cc1cc(Cl)cc2[nH]ncc12.OC(C1CC1)N1CCNCC1. The zero-order valence-electron chi connectivity index (χ0n) is 12.8. The number of nitrogens with zero attached hydrogens (tertiary/aromatic N) is 2. The third kappa shape index (κ3) is 3.79. The quantitative estimate of drug-likeness (QED) is 0.792. The maximum atomic E-state index is 9.71. The van der Waals surface area contributed by atoms with Gasteiger partial charge in [0.2, 0.25) is 0 Å². The zero-order chi connectivity index (χ0) is 15.5. The topological polar surface area (TPSA) is 64.2 Å². The van der Waals surface area contributed by atoms with Crippen LogP contribution in [0.25, 0.3) is 10.9 Å². The number of halogens is 1. The first-order chi connectivity index (χ1) is 10.6. The number of benzene rings is 1. The summed E-state index contributed by atoms with van der Waals surface area (Å²) in [6, 6.07) is 3.80. The van der Waals surface area contributed by atoms with Gasteiger partial charge in [-0.05, 0) is 43.4 Å². The highest BCUT2D eigenvalue weighted by atomic mass is 35.5. The highest BCUT2D eigenvalue weighted by Gasteiger charge is 2.33.